The van der Waals surface area contributed by atoms with Crippen LogP contribution in [0, 0.1) is 0 Å². The van der Waals surface area contributed by atoms with Crippen LogP contribution in [0.2, 0.25) is 10.0 Å². The fourth-order valence-electron chi connectivity index (χ4n) is 2.42. The summed E-state index contributed by atoms with van der Waals surface area (Å²) in [7, 11) is -3.60. The van der Waals surface area contributed by atoms with Crippen LogP contribution in [0.25, 0.3) is 0 Å². The minimum absolute atomic E-state index is 0.00905. The molecule has 0 aliphatic carbocycles. The van der Waals surface area contributed by atoms with Crippen LogP contribution in [0.15, 0.2) is 42.5 Å². The van der Waals surface area contributed by atoms with Gasteiger partial charge in [-0.25, -0.2) is 8.42 Å². The Morgan fingerprint density at radius 3 is 2.00 bits per heavy atom. The van der Waals surface area contributed by atoms with E-state index in [-0.39, 0.29) is 18.0 Å². The number of nitrogens with zero attached hydrogens (tertiary/aromatic N) is 1. The molecule has 0 heterocycles. The SMILES string of the molecule is CC(C)(C)NC(=O)c1ccc(N(Cc2c(Cl)cccc2Cl)S(C)(=O)=O)cc1. The summed E-state index contributed by atoms with van der Waals surface area (Å²) in [5.41, 5.74) is 1.01. The predicted molar refractivity (Wildman–Crippen MR) is 111 cm³/mol. The number of hydrogen-bond donors (Lipinski definition) is 1. The summed E-state index contributed by atoms with van der Waals surface area (Å²) in [5.74, 6) is -0.228. The van der Waals surface area contributed by atoms with Crippen LogP contribution >= 0.6 is 23.2 Å². The van der Waals surface area contributed by atoms with Crippen molar-refractivity contribution >= 4 is 44.8 Å². The third-order valence-electron chi connectivity index (χ3n) is 3.67. The van der Waals surface area contributed by atoms with Crippen molar-refractivity contribution < 1.29 is 13.2 Å². The van der Waals surface area contributed by atoms with Crippen molar-refractivity contribution in [2.24, 2.45) is 0 Å². The van der Waals surface area contributed by atoms with Crippen LogP contribution in [-0.2, 0) is 16.6 Å². The Morgan fingerprint density at radius 2 is 1.56 bits per heavy atom. The molecule has 1 N–H and O–H groups in total. The number of hydrogen-bond acceptors (Lipinski definition) is 3. The zero-order valence-electron chi connectivity index (χ0n) is 15.6. The van der Waals surface area contributed by atoms with Gasteiger partial charge in [-0.3, -0.25) is 9.10 Å². The van der Waals surface area contributed by atoms with Gasteiger partial charge in [0.05, 0.1) is 18.5 Å². The van der Waals surface area contributed by atoms with Crippen molar-refractivity contribution in [3.63, 3.8) is 0 Å². The summed E-state index contributed by atoms with van der Waals surface area (Å²) in [6.07, 6.45) is 1.11. The average molecular weight is 429 g/mol. The highest BCUT2D eigenvalue weighted by Gasteiger charge is 2.21. The number of sulfonamides is 1. The second kappa shape index (κ2) is 8.09. The van der Waals surface area contributed by atoms with E-state index in [2.05, 4.69) is 5.32 Å². The first-order chi connectivity index (χ1) is 12.4. The number of carbonyl (C=O) groups excluding carboxylic acids is 1. The fraction of sp³-hybridized carbons (Fsp3) is 0.316. The monoisotopic (exact) mass is 428 g/mol. The van der Waals surface area contributed by atoms with E-state index in [1.807, 2.05) is 20.8 Å². The quantitative estimate of drug-likeness (QED) is 0.762. The van der Waals surface area contributed by atoms with Gasteiger partial charge in [-0.15, -0.1) is 0 Å². The summed E-state index contributed by atoms with van der Waals surface area (Å²) < 4.78 is 25.9. The van der Waals surface area contributed by atoms with Gasteiger partial charge in [-0.05, 0) is 57.2 Å². The average Bonchev–Trinajstić information content (AvgIpc) is 2.52. The number of carbonyl (C=O) groups is 1. The Labute approximate surface area is 170 Å². The molecule has 8 heteroatoms. The van der Waals surface area contributed by atoms with E-state index in [9.17, 15) is 13.2 Å². The molecule has 27 heavy (non-hydrogen) atoms. The third kappa shape index (κ3) is 5.86. The highest BCUT2D eigenvalue weighted by atomic mass is 35.5. The molecular formula is C19H22Cl2N2O3S. The first-order valence-electron chi connectivity index (χ1n) is 8.22. The van der Waals surface area contributed by atoms with Gasteiger partial charge < -0.3 is 5.32 Å². The molecule has 0 aliphatic heterocycles. The number of halogens is 2. The molecule has 0 spiro atoms. The van der Waals surface area contributed by atoms with Gasteiger partial charge >= 0.3 is 0 Å². The predicted octanol–water partition coefficient (Wildman–Crippen LogP) is 4.49. The zero-order chi connectivity index (χ0) is 20.4. The van der Waals surface area contributed by atoms with Crippen LogP contribution in [0.3, 0.4) is 0 Å². The molecule has 2 aromatic rings. The van der Waals surface area contributed by atoms with E-state index in [0.717, 1.165) is 6.26 Å². The van der Waals surface area contributed by atoms with Gasteiger partial charge in [-0.1, -0.05) is 29.3 Å². The molecule has 5 nitrogen and oxygen atoms in total. The molecule has 0 saturated carbocycles. The molecule has 146 valence electrons. The number of rotatable bonds is 5. The molecule has 1 amide bonds. The molecule has 0 aromatic heterocycles. The van der Waals surface area contributed by atoms with E-state index >= 15 is 0 Å². The first kappa shape index (κ1) is 21.5. The number of benzene rings is 2. The fourth-order valence-corrected chi connectivity index (χ4v) is 3.80. The maximum absolute atomic E-state index is 12.3. The molecular weight excluding hydrogens is 407 g/mol. The second-order valence-corrected chi connectivity index (χ2v) is 9.94. The Bertz CT molecular complexity index is 916. The highest BCUT2D eigenvalue weighted by molar-refractivity contribution is 7.92. The molecule has 0 saturated heterocycles. The van der Waals surface area contributed by atoms with Gasteiger partial charge in [0.1, 0.15) is 0 Å². The topological polar surface area (TPSA) is 66.5 Å². The number of nitrogens with one attached hydrogen (secondary N) is 1. The van der Waals surface area contributed by atoms with Crippen molar-refractivity contribution in [3.05, 3.63) is 63.6 Å². The molecule has 0 unspecified atom stereocenters. The normalized spacial score (nSPS) is 11.9. The standard InChI is InChI=1S/C19H22Cl2N2O3S/c1-19(2,3)22-18(24)13-8-10-14(11-9-13)23(27(4,25)26)12-15-16(20)6-5-7-17(15)21/h5-11H,12H2,1-4H3,(H,22,24). The van der Waals surface area contributed by atoms with Crippen molar-refractivity contribution in [1.82, 2.24) is 5.32 Å². The Hall–Kier alpha value is -1.76. The Morgan fingerprint density at radius 1 is 1.04 bits per heavy atom. The van der Waals surface area contributed by atoms with Crippen molar-refractivity contribution in [2.75, 3.05) is 10.6 Å². The molecule has 0 bridgehead atoms. The van der Waals surface area contributed by atoms with Gasteiger partial charge in [0.25, 0.3) is 5.91 Å². The lowest BCUT2D eigenvalue weighted by atomic mass is 10.1. The lowest BCUT2D eigenvalue weighted by molar-refractivity contribution is 0.0919. The Balaban J connectivity index is 2.35. The largest absolute Gasteiger partial charge is 0.347 e. The van der Waals surface area contributed by atoms with Crippen LogP contribution in [-0.4, -0.2) is 26.1 Å². The van der Waals surface area contributed by atoms with Crippen LogP contribution in [0.1, 0.15) is 36.7 Å². The summed E-state index contributed by atoms with van der Waals surface area (Å²) in [4.78, 5) is 12.2. The minimum Gasteiger partial charge on any atom is -0.347 e. The van der Waals surface area contributed by atoms with E-state index in [0.29, 0.717) is 26.9 Å². The minimum atomic E-state index is -3.60. The van der Waals surface area contributed by atoms with Crippen molar-refractivity contribution in [2.45, 2.75) is 32.9 Å². The van der Waals surface area contributed by atoms with Crippen molar-refractivity contribution in [1.29, 1.82) is 0 Å². The number of anilines is 1. The van der Waals surface area contributed by atoms with Crippen LogP contribution in [0.4, 0.5) is 5.69 Å². The maximum atomic E-state index is 12.3. The smallest absolute Gasteiger partial charge is 0.251 e. The van der Waals surface area contributed by atoms with Gasteiger partial charge in [-0.2, -0.15) is 0 Å². The summed E-state index contributed by atoms with van der Waals surface area (Å²) in [6.45, 7) is 5.65. The lowest BCUT2D eigenvalue weighted by Gasteiger charge is -2.24. The highest BCUT2D eigenvalue weighted by Crippen LogP contribution is 2.29. The third-order valence-corrected chi connectivity index (χ3v) is 5.52. The van der Waals surface area contributed by atoms with Gasteiger partial charge in [0.15, 0.2) is 0 Å². The van der Waals surface area contributed by atoms with E-state index in [4.69, 9.17) is 23.2 Å². The number of amides is 1. The lowest BCUT2D eigenvalue weighted by Crippen LogP contribution is -2.40. The molecule has 0 radical (unpaired) electrons. The van der Waals surface area contributed by atoms with E-state index < -0.39 is 10.0 Å². The van der Waals surface area contributed by atoms with Gasteiger partial charge in [0, 0.05) is 26.7 Å². The summed E-state index contributed by atoms with van der Waals surface area (Å²) >= 11 is 12.4. The molecule has 0 fully saturated rings. The summed E-state index contributed by atoms with van der Waals surface area (Å²) in [5, 5.41) is 3.64. The van der Waals surface area contributed by atoms with E-state index in [1.54, 1.807) is 42.5 Å². The molecule has 0 atom stereocenters. The van der Waals surface area contributed by atoms with Crippen LogP contribution in [0.5, 0.6) is 0 Å². The van der Waals surface area contributed by atoms with Crippen molar-refractivity contribution in [3.8, 4) is 0 Å². The first-order valence-corrected chi connectivity index (χ1v) is 10.8. The van der Waals surface area contributed by atoms with Crippen LogP contribution < -0.4 is 9.62 Å². The molecule has 0 aliphatic rings. The zero-order valence-corrected chi connectivity index (χ0v) is 17.9. The Kier molecular flexibility index (Phi) is 6.45. The molecule has 2 rings (SSSR count). The summed E-state index contributed by atoms with van der Waals surface area (Å²) in [6, 6.07) is 11.4. The maximum Gasteiger partial charge on any atom is 0.251 e. The second-order valence-electron chi connectivity index (χ2n) is 7.22. The van der Waals surface area contributed by atoms with Gasteiger partial charge in [0.2, 0.25) is 10.0 Å². The molecule has 2 aromatic carbocycles. The van der Waals surface area contributed by atoms with E-state index in [1.165, 1.54) is 4.31 Å².